The number of pyridine rings is 4. The van der Waals surface area contributed by atoms with Crippen LogP contribution in [-0.4, -0.2) is 114 Å². The van der Waals surface area contributed by atoms with Crippen molar-refractivity contribution in [2.45, 2.75) is 79.6 Å². The predicted molar refractivity (Wildman–Crippen MR) is 430 cm³/mol. The van der Waals surface area contributed by atoms with E-state index in [2.05, 4.69) is 141 Å². The summed E-state index contributed by atoms with van der Waals surface area (Å²) in [5.41, 5.74) is 18.1. The molecule has 0 spiro atoms. The Balaban J connectivity index is 0.000000258. The zero-order valence-corrected chi connectivity index (χ0v) is 62.9. The second-order valence-corrected chi connectivity index (χ2v) is 25.9. The van der Waals surface area contributed by atoms with Gasteiger partial charge in [-0.2, -0.15) is 18.3 Å². The SMILES string of the molecule is C.C.C=Cc1ccc(CCl)cc1.C=Cc1ccc(COCCCOCc2cc(C[n+]3cccc4c5ccc[n+](Cc6cccc(B(O)O)c6)c5ccc43)cc(B(O)O)c2)cc1.COB(OC)c1cccc(C[n+]2cccc3c4ccc[n+](Cc5cc(COCCCO)cc(B6COCCO6)c5)c4ccc32)c1.[H-].[Na+]. The van der Waals surface area contributed by atoms with Crippen LogP contribution in [0.5, 0.6) is 0 Å². The van der Waals surface area contributed by atoms with E-state index in [1.54, 1.807) is 26.4 Å². The van der Waals surface area contributed by atoms with Crippen LogP contribution in [0.25, 0.3) is 55.8 Å². The topological polar surface area (TPSA) is 181 Å². The first-order valence-corrected chi connectivity index (χ1v) is 35.6. The van der Waals surface area contributed by atoms with Gasteiger partial charge in [0.25, 0.3) is 0 Å². The molecule has 12 aromatic rings. The average Bonchev–Trinajstić information content (AvgIpc) is 0.771. The van der Waals surface area contributed by atoms with E-state index >= 15 is 0 Å². The van der Waals surface area contributed by atoms with Gasteiger partial charge < -0.3 is 59.5 Å². The van der Waals surface area contributed by atoms with Gasteiger partial charge in [0.15, 0.2) is 51.0 Å². The van der Waals surface area contributed by atoms with Crippen molar-refractivity contribution in [2.24, 2.45) is 0 Å². The zero-order chi connectivity index (χ0) is 72.6. The van der Waals surface area contributed by atoms with E-state index in [0.29, 0.717) is 102 Å². The largest absolute Gasteiger partial charge is 1.00 e. The molecular weight excluding hydrogens is 1370 g/mol. The van der Waals surface area contributed by atoms with Crippen molar-refractivity contribution < 1.29 is 107 Å². The number of hydrogen-bond acceptors (Lipinski definition) is 12. The van der Waals surface area contributed by atoms with E-state index in [0.717, 1.165) is 95.7 Å². The molecule has 0 amide bonds. The summed E-state index contributed by atoms with van der Waals surface area (Å²) in [6.45, 7) is 14.8. The van der Waals surface area contributed by atoms with Gasteiger partial charge in [0.2, 0.25) is 22.1 Å². The number of nitrogens with zero attached hydrogens (tertiary/aromatic N) is 4. The van der Waals surface area contributed by atoms with Gasteiger partial charge in [-0.3, -0.25) is 0 Å². The molecule has 0 bridgehead atoms. The molecule has 4 aromatic heterocycles. The smallest absolute Gasteiger partial charge is 1.00 e. The molecule has 13 rings (SSSR count). The summed E-state index contributed by atoms with van der Waals surface area (Å²) in [6.07, 6.45) is 13.3. The van der Waals surface area contributed by atoms with E-state index in [-0.39, 0.29) is 66.5 Å². The fourth-order valence-electron chi connectivity index (χ4n) is 13.1. The first-order chi connectivity index (χ1) is 50.9. The number of halogens is 1. The normalized spacial score (nSPS) is 11.7. The number of aliphatic hydroxyl groups is 1. The number of fused-ring (bicyclic) bond motifs is 6. The van der Waals surface area contributed by atoms with E-state index in [1.165, 1.54) is 27.4 Å². The summed E-state index contributed by atoms with van der Waals surface area (Å²) in [6, 6.07) is 69.6. The van der Waals surface area contributed by atoms with E-state index in [9.17, 15) is 20.1 Å². The molecule has 1 fully saturated rings. The van der Waals surface area contributed by atoms with Crippen molar-refractivity contribution in [1.29, 1.82) is 0 Å². The van der Waals surface area contributed by atoms with Crippen molar-refractivity contribution in [3.8, 4) is 0 Å². The molecule has 5 heterocycles. The third-order valence-electron chi connectivity index (χ3n) is 18.2. The number of aromatic nitrogens is 4. The van der Waals surface area contributed by atoms with Gasteiger partial charge in [0, 0.05) is 117 Å². The minimum atomic E-state index is -1.59. The van der Waals surface area contributed by atoms with Gasteiger partial charge in [0.1, 0.15) is 0 Å². The van der Waals surface area contributed by atoms with Crippen LogP contribution < -0.4 is 69.7 Å². The fraction of sp³-hybridized carbons (Fsp3) is 0.247. The van der Waals surface area contributed by atoms with Gasteiger partial charge in [-0.25, -0.2) is 0 Å². The van der Waals surface area contributed by atoms with Crippen molar-refractivity contribution >= 4 is 117 Å². The van der Waals surface area contributed by atoms with Gasteiger partial charge in [-0.05, 0) is 104 Å². The molecule has 0 saturated carbocycles. The Hall–Kier alpha value is -8.05. The molecule has 546 valence electrons. The summed E-state index contributed by atoms with van der Waals surface area (Å²) >= 11 is 5.60. The summed E-state index contributed by atoms with van der Waals surface area (Å²) in [7, 11) is -0.178. The molecule has 22 heteroatoms. The third kappa shape index (κ3) is 23.5. The molecule has 1 saturated heterocycles. The van der Waals surface area contributed by atoms with Gasteiger partial charge in [-0.15, -0.1) is 11.6 Å². The Bertz CT molecular complexity index is 4830. The van der Waals surface area contributed by atoms with Crippen LogP contribution in [0.1, 0.15) is 84.8 Å². The van der Waals surface area contributed by atoms with Crippen LogP contribution in [0.3, 0.4) is 0 Å². The van der Waals surface area contributed by atoms with E-state index in [4.69, 9.17) is 49.6 Å². The Morgan fingerprint density at radius 2 is 0.860 bits per heavy atom. The molecule has 8 aromatic carbocycles. The van der Waals surface area contributed by atoms with Crippen molar-refractivity contribution in [3.63, 3.8) is 0 Å². The van der Waals surface area contributed by atoms with Crippen LogP contribution in [0, 0.1) is 0 Å². The average molecular weight is 1470 g/mol. The molecule has 0 radical (unpaired) electrons. The van der Waals surface area contributed by atoms with Crippen LogP contribution in [0.4, 0.5) is 0 Å². The van der Waals surface area contributed by atoms with Crippen LogP contribution in [0.15, 0.2) is 244 Å². The Morgan fingerprint density at radius 3 is 1.30 bits per heavy atom. The Morgan fingerprint density at radius 1 is 0.458 bits per heavy atom. The van der Waals surface area contributed by atoms with Crippen LogP contribution in [0.2, 0.25) is 0 Å². The van der Waals surface area contributed by atoms with Crippen LogP contribution >= 0.6 is 11.6 Å². The number of aliphatic hydroxyl groups excluding tert-OH is 1. The van der Waals surface area contributed by atoms with Crippen molar-refractivity contribution in [3.05, 3.63) is 300 Å². The molecule has 107 heavy (non-hydrogen) atoms. The third-order valence-corrected chi connectivity index (χ3v) is 18.5. The van der Waals surface area contributed by atoms with E-state index < -0.39 is 14.2 Å². The van der Waals surface area contributed by atoms with Gasteiger partial charge in [0.05, 0.1) is 61.1 Å². The number of alkyl halides is 1. The maximum absolute atomic E-state index is 10.1. The number of hydrogen-bond donors (Lipinski definition) is 5. The predicted octanol–water partition coefficient (Wildman–Crippen LogP) is 6.58. The summed E-state index contributed by atoms with van der Waals surface area (Å²) in [5.74, 6) is 0.581. The summed E-state index contributed by atoms with van der Waals surface area (Å²) in [4.78, 5) is 0. The molecular formula is C85H98B4ClN4NaO12+4. The van der Waals surface area contributed by atoms with Crippen molar-refractivity contribution in [2.75, 3.05) is 60.4 Å². The first-order valence-electron chi connectivity index (χ1n) is 35.1. The minimum absolute atomic E-state index is 0. The summed E-state index contributed by atoms with van der Waals surface area (Å²) < 4.78 is 49.2. The zero-order valence-electron chi connectivity index (χ0n) is 61.1. The molecule has 16 nitrogen and oxygen atoms in total. The quantitative estimate of drug-likeness (QED) is 0.0108. The fourth-order valence-corrected chi connectivity index (χ4v) is 13.2. The molecule has 1 aliphatic heterocycles. The summed E-state index contributed by atoms with van der Waals surface area (Å²) in [5, 5.41) is 53.1. The second kappa shape index (κ2) is 43.2. The van der Waals surface area contributed by atoms with Gasteiger partial charge >= 0.3 is 57.8 Å². The van der Waals surface area contributed by atoms with E-state index in [1.807, 2.05) is 122 Å². The molecule has 5 N–H and O–H groups in total. The van der Waals surface area contributed by atoms with Crippen molar-refractivity contribution in [1.82, 2.24) is 0 Å². The molecule has 0 aliphatic carbocycles. The number of rotatable bonds is 30. The second-order valence-electron chi connectivity index (χ2n) is 25.7. The van der Waals surface area contributed by atoms with Gasteiger partial charge in [-0.1, -0.05) is 161 Å². The minimum Gasteiger partial charge on any atom is -1.00 e. The Kier molecular flexibility index (Phi) is 34.2. The number of ether oxygens (including phenoxy) is 4. The first kappa shape index (κ1) is 84.6. The molecule has 0 atom stereocenters. The Labute approximate surface area is 660 Å². The maximum Gasteiger partial charge on any atom is 1.00 e. The number of benzene rings is 8. The molecule has 1 aliphatic rings. The molecule has 0 unspecified atom stereocenters. The standard InChI is InChI=1S/C39H40B2N2O6.C35H40B2N2O6.C9H9Cl.2CH4.Na.H/c1-2-29-11-13-30(14-12-29)27-48-19-6-20-49-28-33-21-32(23-35(24-33)41(46)47)26-43-18-5-10-37-36-9-4-17-42(38(36)15-16-39(37)43)25-31-7-3-8-34(22-31)40(44)45;1-41-37(42-2)30-8-3-7-27(20-30)23-38-13-4-9-32-33-10-5-14-39(35(33)12-11-34(32)38)24-28-19-29(25-43-16-6-15-40)22-31(21-28)36-26-44-17-18-45-36;1-2-8-3-5-9(7-10)6-4-8;;;;/h2-5,7-18,21-24,44-47H,1,6,19-20,25-28H2;3-5,7-14,19-22,40H,6,15-18,23-26H2,1-2H3;2-6H,1,7H2;2*1H4;;/q2*+2;;;;+1;-1. The monoisotopic (exact) mass is 1470 g/mol. The van der Waals surface area contributed by atoms with Crippen LogP contribution in [-0.2, 0) is 84.8 Å². The maximum atomic E-state index is 10.1.